The predicted molar refractivity (Wildman–Crippen MR) is 67.3 cm³/mol. The van der Waals surface area contributed by atoms with Gasteiger partial charge >= 0.3 is 12.1 Å². The first-order valence-electron chi connectivity index (χ1n) is 6.35. The third-order valence-electron chi connectivity index (χ3n) is 2.96. The van der Waals surface area contributed by atoms with Crippen molar-refractivity contribution < 1.29 is 23.9 Å². The second-order valence-electron chi connectivity index (χ2n) is 5.56. The minimum atomic E-state index is -0.900. The van der Waals surface area contributed by atoms with Gasteiger partial charge in [-0.1, -0.05) is 6.92 Å². The summed E-state index contributed by atoms with van der Waals surface area (Å²) in [6.07, 6.45) is 0.176. The first-order valence-corrected chi connectivity index (χ1v) is 6.35. The molecule has 6 heteroatoms. The van der Waals surface area contributed by atoms with E-state index >= 15 is 0 Å². The molecule has 0 N–H and O–H groups in total. The second-order valence-corrected chi connectivity index (χ2v) is 5.56. The molecule has 1 aliphatic heterocycles. The Morgan fingerprint density at radius 3 is 2.37 bits per heavy atom. The Kier molecular flexibility index (Phi) is 4.55. The minimum Gasteiger partial charge on any atom is -0.468 e. The molecule has 0 aromatic rings. The first-order chi connectivity index (χ1) is 8.71. The number of imide groups is 1. The Bertz CT molecular complexity index is 385. The fourth-order valence-corrected chi connectivity index (χ4v) is 2.06. The van der Waals surface area contributed by atoms with Crippen molar-refractivity contribution in [1.82, 2.24) is 4.90 Å². The van der Waals surface area contributed by atoms with Crippen LogP contribution >= 0.6 is 0 Å². The number of amides is 2. The number of rotatable bonds is 2. The average molecular weight is 271 g/mol. The highest BCUT2D eigenvalue weighted by Gasteiger charge is 2.47. The number of nitrogens with zero attached hydrogens (tertiary/aromatic N) is 1. The smallest absolute Gasteiger partial charge is 0.417 e. The summed E-state index contributed by atoms with van der Waals surface area (Å²) in [5, 5.41) is 0. The Morgan fingerprint density at radius 1 is 1.37 bits per heavy atom. The van der Waals surface area contributed by atoms with Crippen molar-refractivity contribution in [3.05, 3.63) is 0 Å². The molecule has 6 nitrogen and oxygen atoms in total. The van der Waals surface area contributed by atoms with Crippen molar-refractivity contribution in [3.63, 3.8) is 0 Å². The standard InChI is InChI=1S/C13H21NO5/c1-6-8-7-9(11(16)18-5)10(15)14(8)12(17)19-13(2,3)4/h8-9H,6-7H2,1-5H3/t8-,9?/m1/s1. The van der Waals surface area contributed by atoms with Crippen molar-refractivity contribution in [3.8, 4) is 0 Å². The van der Waals surface area contributed by atoms with E-state index in [1.165, 1.54) is 7.11 Å². The van der Waals surface area contributed by atoms with Gasteiger partial charge < -0.3 is 9.47 Å². The first kappa shape index (κ1) is 15.5. The fraction of sp³-hybridized carbons (Fsp3) is 0.769. The predicted octanol–water partition coefficient (Wildman–Crippen LogP) is 1.72. The molecular weight excluding hydrogens is 250 g/mol. The van der Waals surface area contributed by atoms with Gasteiger partial charge in [0.1, 0.15) is 11.5 Å². The van der Waals surface area contributed by atoms with Crippen LogP contribution < -0.4 is 0 Å². The lowest BCUT2D eigenvalue weighted by Crippen LogP contribution is -2.43. The van der Waals surface area contributed by atoms with Gasteiger partial charge in [-0.2, -0.15) is 0 Å². The molecule has 0 aliphatic carbocycles. The lowest BCUT2D eigenvalue weighted by atomic mass is 10.0. The van der Waals surface area contributed by atoms with Crippen LogP contribution in [0.25, 0.3) is 0 Å². The third-order valence-corrected chi connectivity index (χ3v) is 2.96. The van der Waals surface area contributed by atoms with Crippen molar-refractivity contribution >= 4 is 18.0 Å². The van der Waals surface area contributed by atoms with Gasteiger partial charge in [-0.15, -0.1) is 0 Å². The molecule has 1 aliphatic rings. The van der Waals surface area contributed by atoms with E-state index in [4.69, 9.17) is 4.74 Å². The lowest BCUT2D eigenvalue weighted by molar-refractivity contribution is -0.150. The summed E-state index contributed by atoms with van der Waals surface area (Å²) in [5.74, 6) is -2.04. The van der Waals surface area contributed by atoms with Gasteiger partial charge in [-0.25, -0.2) is 9.69 Å². The van der Waals surface area contributed by atoms with E-state index in [1.54, 1.807) is 20.8 Å². The van der Waals surface area contributed by atoms with Crippen LogP contribution in [0.5, 0.6) is 0 Å². The van der Waals surface area contributed by atoms with E-state index < -0.39 is 29.5 Å². The molecule has 0 spiro atoms. The van der Waals surface area contributed by atoms with Crippen molar-refractivity contribution in [1.29, 1.82) is 0 Å². The molecule has 1 heterocycles. The van der Waals surface area contributed by atoms with E-state index in [-0.39, 0.29) is 6.04 Å². The Hall–Kier alpha value is -1.59. The van der Waals surface area contributed by atoms with Gasteiger partial charge in [0.2, 0.25) is 5.91 Å². The molecule has 0 radical (unpaired) electrons. The summed E-state index contributed by atoms with van der Waals surface area (Å²) in [4.78, 5) is 36.7. The van der Waals surface area contributed by atoms with Gasteiger partial charge in [0.15, 0.2) is 0 Å². The van der Waals surface area contributed by atoms with Gasteiger partial charge in [0.25, 0.3) is 0 Å². The minimum absolute atomic E-state index is 0.293. The summed E-state index contributed by atoms with van der Waals surface area (Å²) < 4.78 is 9.79. The normalized spacial score (nSPS) is 23.4. The molecule has 0 saturated carbocycles. The van der Waals surface area contributed by atoms with Crippen LogP contribution in [0.3, 0.4) is 0 Å². The van der Waals surface area contributed by atoms with E-state index in [2.05, 4.69) is 4.74 Å². The maximum absolute atomic E-state index is 12.1. The highest BCUT2D eigenvalue weighted by Crippen LogP contribution is 2.29. The molecule has 1 saturated heterocycles. The maximum atomic E-state index is 12.1. The molecule has 2 atom stereocenters. The number of methoxy groups -OCH3 is 1. The van der Waals surface area contributed by atoms with Crippen LogP contribution in [0.2, 0.25) is 0 Å². The quantitative estimate of drug-likeness (QED) is 0.565. The van der Waals surface area contributed by atoms with Gasteiger partial charge in [-0.05, 0) is 33.6 Å². The molecule has 0 bridgehead atoms. The zero-order chi connectivity index (χ0) is 14.8. The SMILES string of the molecule is CC[C@@H]1CC(C(=O)OC)C(=O)N1C(=O)OC(C)(C)C. The monoisotopic (exact) mass is 271 g/mol. The number of esters is 1. The lowest BCUT2D eigenvalue weighted by Gasteiger charge is -2.26. The van der Waals surface area contributed by atoms with E-state index in [9.17, 15) is 14.4 Å². The number of carbonyl (C=O) groups is 3. The largest absolute Gasteiger partial charge is 0.468 e. The van der Waals surface area contributed by atoms with E-state index in [1.807, 2.05) is 6.92 Å². The number of carbonyl (C=O) groups excluding carboxylic acids is 3. The molecule has 0 aromatic carbocycles. The fourth-order valence-electron chi connectivity index (χ4n) is 2.06. The van der Waals surface area contributed by atoms with Crippen molar-refractivity contribution in [2.24, 2.45) is 5.92 Å². The second kappa shape index (κ2) is 5.59. The molecular formula is C13H21NO5. The molecule has 108 valence electrons. The zero-order valence-corrected chi connectivity index (χ0v) is 12.1. The average Bonchev–Trinajstić information content (AvgIpc) is 2.63. The van der Waals surface area contributed by atoms with Crippen LogP contribution in [-0.2, 0) is 19.1 Å². The van der Waals surface area contributed by atoms with E-state index in [0.717, 1.165) is 4.90 Å². The third kappa shape index (κ3) is 3.45. The number of ether oxygens (including phenoxy) is 2. The Morgan fingerprint density at radius 2 is 1.95 bits per heavy atom. The summed E-state index contributed by atoms with van der Waals surface area (Å²) in [5.41, 5.74) is -0.682. The molecule has 0 aromatic heterocycles. The highest BCUT2D eigenvalue weighted by atomic mass is 16.6. The molecule has 1 fully saturated rings. The zero-order valence-electron chi connectivity index (χ0n) is 12.1. The number of hydrogen-bond donors (Lipinski definition) is 0. The summed E-state index contributed by atoms with van der Waals surface area (Å²) in [6.45, 7) is 7.04. The molecule has 1 rings (SSSR count). The van der Waals surface area contributed by atoms with Crippen molar-refractivity contribution in [2.75, 3.05) is 7.11 Å². The molecule has 2 amide bonds. The van der Waals surface area contributed by atoms with Gasteiger partial charge in [0, 0.05) is 6.04 Å². The molecule has 19 heavy (non-hydrogen) atoms. The van der Waals surface area contributed by atoms with Crippen molar-refractivity contribution in [2.45, 2.75) is 52.2 Å². The summed E-state index contributed by atoms with van der Waals surface area (Å²) in [7, 11) is 1.23. The Balaban J connectivity index is 2.89. The number of likely N-dealkylation sites (tertiary alicyclic amines) is 1. The maximum Gasteiger partial charge on any atom is 0.417 e. The van der Waals surface area contributed by atoms with E-state index in [0.29, 0.717) is 12.8 Å². The van der Waals surface area contributed by atoms with Crippen LogP contribution in [0, 0.1) is 5.92 Å². The van der Waals surface area contributed by atoms with Crippen LogP contribution in [0.1, 0.15) is 40.5 Å². The van der Waals surface area contributed by atoms with Gasteiger partial charge in [-0.3, -0.25) is 9.59 Å². The molecule has 1 unspecified atom stereocenters. The summed E-state index contributed by atoms with van der Waals surface area (Å²) in [6, 6.07) is -0.313. The van der Waals surface area contributed by atoms with Crippen LogP contribution in [0.15, 0.2) is 0 Å². The number of hydrogen-bond acceptors (Lipinski definition) is 5. The van der Waals surface area contributed by atoms with Gasteiger partial charge in [0.05, 0.1) is 7.11 Å². The summed E-state index contributed by atoms with van der Waals surface area (Å²) >= 11 is 0. The topological polar surface area (TPSA) is 72.9 Å². The Labute approximate surface area is 113 Å². The van der Waals surface area contributed by atoms with Crippen LogP contribution in [0.4, 0.5) is 4.79 Å². The van der Waals surface area contributed by atoms with Crippen LogP contribution in [-0.4, -0.2) is 41.6 Å². The highest BCUT2D eigenvalue weighted by molar-refractivity contribution is 6.05.